The van der Waals surface area contributed by atoms with Gasteiger partial charge in [0.2, 0.25) is 0 Å². The van der Waals surface area contributed by atoms with Crippen LogP contribution in [0.2, 0.25) is 0 Å². The van der Waals surface area contributed by atoms with Crippen molar-refractivity contribution in [2.75, 3.05) is 0 Å². The summed E-state index contributed by atoms with van der Waals surface area (Å²) in [6, 6.07) is 17.2. The van der Waals surface area contributed by atoms with Crippen molar-refractivity contribution in [2.45, 2.75) is 88.9 Å². The normalized spacial score (nSPS) is 18.8. The van der Waals surface area contributed by atoms with Crippen molar-refractivity contribution < 1.29 is 17.1 Å². The van der Waals surface area contributed by atoms with E-state index in [4.69, 9.17) is 0 Å². The molecule has 2 fully saturated rings. The Morgan fingerprint density at radius 1 is 0.885 bits per heavy atom. The zero-order valence-electron chi connectivity index (χ0n) is 16.4. The minimum Gasteiger partial charge on any atom is -0.214 e. The first-order chi connectivity index (χ1) is 12.4. The molecule has 0 amide bonds. The fraction of sp³-hybridized carbons (Fsp3) is 0.583. The minimum absolute atomic E-state index is 0. The molecule has 26 heavy (non-hydrogen) atoms. The van der Waals surface area contributed by atoms with Gasteiger partial charge < -0.3 is 0 Å². The maximum Gasteiger partial charge on any atom is 2.00 e. The van der Waals surface area contributed by atoms with Crippen molar-refractivity contribution in [1.29, 1.82) is 0 Å². The largest absolute Gasteiger partial charge is 2.00 e. The molecule has 0 nitrogen and oxygen atoms in total. The van der Waals surface area contributed by atoms with Crippen molar-refractivity contribution in [3.63, 3.8) is 0 Å². The van der Waals surface area contributed by atoms with Crippen LogP contribution >= 0.6 is 7.92 Å². The van der Waals surface area contributed by atoms with Crippen molar-refractivity contribution in [3.05, 3.63) is 54.1 Å². The van der Waals surface area contributed by atoms with Crippen LogP contribution in [0.1, 0.15) is 76.7 Å². The molecule has 2 saturated carbocycles. The monoisotopic (exact) mass is 410 g/mol. The molecule has 0 N–H and O–H groups in total. The Hall–Kier alpha value is -0.351. The van der Waals surface area contributed by atoms with Gasteiger partial charge in [0, 0.05) is 0 Å². The fourth-order valence-corrected chi connectivity index (χ4v) is 8.78. The van der Waals surface area contributed by atoms with Crippen LogP contribution in [0.3, 0.4) is 0 Å². The van der Waals surface area contributed by atoms with Crippen molar-refractivity contribution in [2.24, 2.45) is 0 Å². The van der Waals surface area contributed by atoms with Gasteiger partial charge in [-0.05, 0) is 37.0 Å². The van der Waals surface area contributed by atoms with E-state index in [1.807, 2.05) is 30.3 Å². The molecule has 144 valence electrons. The molecule has 2 aliphatic carbocycles. The molecule has 2 aromatic rings. The second-order valence-electron chi connectivity index (χ2n) is 7.74. The van der Waals surface area contributed by atoms with Gasteiger partial charge in [-0.2, -0.15) is 29.8 Å². The van der Waals surface area contributed by atoms with Gasteiger partial charge in [-0.1, -0.05) is 59.8 Å². The average molecular weight is 410 g/mol. The second kappa shape index (κ2) is 12.2. The summed E-state index contributed by atoms with van der Waals surface area (Å²) in [5.74, 6) is 0. The Balaban J connectivity index is 0.000000351. The smallest absolute Gasteiger partial charge is 0.214 e. The topological polar surface area (TPSA) is 0 Å². The second-order valence-corrected chi connectivity index (χ2v) is 10.5. The van der Waals surface area contributed by atoms with E-state index < -0.39 is 0 Å². The van der Waals surface area contributed by atoms with Crippen LogP contribution in [-0.2, 0) is 23.5 Å². The molecule has 0 radical (unpaired) electrons. The molecule has 2 aliphatic rings. The van der Waals surface area contributed by atoms with Crippen LogP contribution in [0, 0.1) is 0 Å². The molecule has 0 aromatic heterocycles. The predicted octanol–water partition coefficient (Wildman–Crippen LogP) is 7.14. The summed E-state index contributed by atoms with van der Waals surface area (Å²) in [6.45, 7) is 2.34. The molecule has 0 aliphatic heterocycles. The molecule has 0 atom stereocenters. The van der Waals surface area contributed by atoms with E-state index in [9.17, 15) is 0 Å². The van der Waals surface area contributed by atoms with Gasteiger partial charge in [0.25, 0.3) is 0 Å². The van der Waals surface area contributed by atoms with Crippen LogP contribution in [0.25, 0.3) is 0 Å². The van der Waals surface area contributed by atoms with Gasteiger partial charge in [0.05, 0.1) is 0 Å². The first kappa shape index (κ1) is 21.9. The minimum atomic E-state index is 0. The SMILES string of the molecule is CC[c-]1cccc1P(C1CCCCC1)C1CCCCC1.[Fe+2].c1cc[cH-]c1. The van der Waals surface area contributed by atoms with Gasteiger partial charge in [-0.25, -0.2) is 24.3 Å². The van der Waals surface area contributed by atoms with Crippen molar-refractivity contribution in [3.8, 4) is 0 Å². The molecule has 4 rings (SSSR count). The Morgan fingerprint density at radius 2 is 1.42 bits per heavy atom. The standard InChI is InChI=1S/C19H30P.C5H5.Fe/c1-2-16-10-9-15-19(16)20(17-11-5-3-6-12-17)18-13-7-4-8-14-18;1-2-4-5-3-1;/h9-10,15,17-18H,2-8,11-14H2,1H3;1-5H;/q2*-1;+2. The fourth-order valence-electron chi connectivity index (χ4n) is 4.73. The Kier molecular flexibility index (Phi) is 10.3. The first-order valence-corrected chi connectivity index (χ1v) is 12.1. The van der Waals surface area contributed by atoms with Crippen LogP contribution < -0.4 is 5.30 Å². The molecule has 2 heteroatoms. The maximum absolute atomic E-state index is 2.49. The van der Waals surface area contributed by atoms with Gasteiger partial charge in [0.1, 0.15) is 0 Å². The molecule has 0 unspecified atom stereocenters. The molecular weight excluding hydrogens is 375 g/mol. The molecule has 2 aromatic carbocycles. The zero-order chi connectivity index (χ0) is 17.3. The third-order valence-corrected chi connectivity index (χ3v) is 9.63. The van der Waals surface area contributed by atoms with Crippen LogP contribution in [0.4, 0.5) is 0 Å². The third kappa shape index (κ3) is 6.09. The Morgan fingerprint density at radius 3 is 1.85 bits per heavy atom. The van der Waals surface area contributed by atoms with Crippen LogP contribution in [0.5, 0.6) is 0 Å². The number of aryl methyl sites for hydroxylation is 1. The van der Waals surface area contributed by atoms with E-state index in [0.29, 0.717) is 0 Å². The van der Waals surface area contributed by atoms with E-state index in [-0.39, 0.29) is 25.0 Å². The predicted molar refractivity (Wildman–Crippen MR) is 114 cm³/mol. The van der Waals surface area contributed by atoms with Crippen molar-refractivity contribution in [1.82, 2.24) is 0 Å². The molecule has 0 bridgehead atoms. The van der Waals surface area contributed by atoms with Crippen LogP contribution in [0.15, 0.2) is 48.5 Å². The van der Waals surface area contributed by atoms with E-state index in [0.717, 1.165) is 11.3 Å². The Bertz CT molecular complexity index is 524. The van der Waals surface area contributed by atoms with Crippen molar-refractivity contribution >= 4 is 13.2 Å². The summed E-state index contributed by atoms with van der Waals surface area (Å²) in [7, 11) is 0.118. The summed E-state index contributed by atoms with van der Waals surface area (Å²) in [5, 5.41) is 1.81. The number of hydrogen-bond acceptors (Lipinski definition) is 0. The average Bonchev–Trinajstić information content (AvgIpc) is 3.39. The van der Waals surface area contributed by atoms with Gasteiger partial charge in [0.15, 0.2) is 0 Å². The summed E-state index contributed by atoms with van der Waals surface area (Å²) in [5.41, 5.74) is 3.77. The van der Waals surface area contributed by atoms with E-state index in [2.05, 4.69) is 25.1 Å². The number of hydrogen-bond donors (Lipinski definition) is 0. The Labute approximate surface area is 173 Å². The summed E-state index contributed by atoms with van der Waals surface area (Å²) < 4.78 is 0. The maximum atomic E-state index is 2.49. The van der Waals surface area contributed by atoms with Gasteiger partial charge >= 0.3 is 17.1 Å². The molecule has 0 saturated heterocycles. The summed E-state index contributed by atoms with van der Waals surface area (Å²) in [6.07, 6.45) is 16.3. The quantitative estimate of drug-likeness (QED) is 0.285. The summed E-state index contributed by atoms with van der Waals surface area (Å²) in [4.78, 5) is 0. The van der Waals surface area contributed by atoms with E-state index in [1.165, 1.54) is 70.6 Å². The van der Waals surface area contributed by atoms with Gasteiger partial charge in [-0.3, -0.25) is 0 Å². The summed E-state index contributed by atoms with van der Waals surface area (Å²) >= 11 is 0. The van der Waals surface area contributed by atoms with Crippen LogP contribution in [-0.4, -0.2) is 11.3 Å². The third-order valence-electron chi connectivity index (χ3n) is 6.03. The zero-order valence-corrected chi connectivity index (χ0v) is 18.4. The first-order valence-electron chi connectivity index (χ1n) is 10.6. The molecular formula is C24H35FeP. The molecule has 0 spiro atoms. The number of rotatable bonds is 4. The van der Waals surface area contributed by atoms with Gasteiger partial charge in [-0.15, -0.1) is 5.30 Å². The molecule has 0 heterocycles. The van der Waals surface area contributed by atoms with E-state index >= 15 is 0 Å². The van der Waals surface area contributed by atoms with E-state index in [1.54, 1.807) is 10.9 Å².